The van der Waals surface area contributed by atoms with E-state index in [9.17, 15) is 0 Å². The molecule has 0 saturated carbocycles. The molecule has 0 aliphatic carbocycles. The summed E-state index contributed by atoms with van der Waals surface area (Å²) in [6.07, 6.45) is 1.80. The van der Waals surface area contributed by atoms with E-state index in [2.05, 4.69) is 27.8 Å². The number of rotatable bonds is 6. The largest absolute Gasteiger partial charge is 0.493 e. The van der Waals surface area contributed by atoms with Crippen LogP contribution in [0.2, 0.25) is 5.02 Å². The Morgan fingerprint density at radius 2 is 1.85 bits per heavy atom. The molecule has 0 aromatic heterocycles. The van der Waals surface area contributed by atoms with E-state index in [-0.39, 0.29) is 0 Å². The maximum atomic E-state index is 6.03. The Morgan fingerprint density at radius 1 is 1.07 bits per heavy atom. The molecule has 0 bridgehead atoms. The van der Waals surface area contributed by atoms with E-state index in [0.29, 0.717) is 23.1 Å². The van der Waals surface area contributed by atoms with E-state index in [1.807, 2.05) is 60.7 Å². The number of ether oxygens (including phenoxy) is 2. The molecular weight excluding hydrogens is 426 g/mol. The molecule has 0 radical (unpaired) electrons. The van der Waals surface area contributed by atoms with Gasteiger partial charge in [-0.1, -0.05) is 41.4 Å². The zero-order valence-corrected chi connectivity index (χ0v) is 17.4. The average molecular weight is 445 g/mol. The number of methoxy groups -OCH3 is 1. The highest BCUT2D eigenvalue weighted by molar-refractivity contribution is 9.10. The number of aliphatic imine (C=N–C) groups is 1. The standard InChI is InChI=1S/C22H19BrClNO2/c1-15-6-8-19(9-7-15)25-13-17-11-20(23)22(21(12-17)26-2)27-14-16-4-3-5-18(24)10-16/h3-13H,14H2,1-2H3. The summed E-state index contributed by atoms with van der Waals surface area (Å²) in [5.41, 5.74) is 4.01. The van der Waals surface area contributed by atoms with Crippen molar-refractivity contribution in [3.05, 3.63) is 86.8 Å². The third kappa shape index (κ3) is 5.34. The Kier molecular flexibility index (Phi) is 6.54. The van der Waals surface area contributed by atoms with E-state index in [1.54, 1.807) is 13.3 Å². The Labute approximate surface area is 172 Å². The molecule has 0 heterocycles. The van der Waals surface area contributed by atoms with E-state index in [0.717, 1.165) is 21.3 Å². The van der Waals surface area contributed by atoms with Crippen LogP contribution >= 0.6 is 27.5 Å². The van der Waals surface area contributed by atoms with Crippen molar-refractivity contribution in [2.24, 2.45) is 4.99 Å². The predicted octanol–water partition coefficient (Wildman–Crippen LogP) is 6.75. The maximum Gasteiger partial charge on any atom is 0.175 e. The van der Waals surface area contributed by atoms with Crippen LogP contribution in [0.3, 0.4) is 0 Å². The molecule has 0 saturated heterocycles. The molecule has 138 valence electrons. The summed E-state index contributed by atoms with van der Waals surface area (Å²) in [4.78, 5) is 4.51. The van der Waals surface area contributed by atoms with Crippen molar-refractivity contribution in [1.29, 1.82) is 0 Å². The number of nitrogens with zero attached hydrogens (tertiary/aromatic N) is 1. The van der Waals surface area contributed by atoms with Crippen molar-refractivity contribution >= 4 is 39.4 Å². The van der Waals surface area contributed by atoms with Gasteiger partial charge in [0.25, 0.3) is 0 Å². The van der Waals surface area contributed by atoms with Crippen LogP contribution in [0.4, 0.5) is 5.69 Å². The molecule has 5 heteroatoms. The Balaban J connectivity index is 1.79. The first-order valence-electron chi connectivity index (χ1n) is 8.40. The van der Waals surface area contributed by atoms with Crippen LogP contribution in [-0.2, 0) is 6.61 Å². The van der Waals surface area contributed by atoms with E-state index in [4.69, 9.17) is 21.1 Å². The van der Waals surface area contributed by atoms with Gasteiger partial charge in [-0.15, -0.1) is 0 Å². The summed E-state index contributed by atoms with van der Waals surface area (Å²) in [7, 11) is 1.62. The first-order chi connectivity index (χ1) is 13.0. The first kappa shape index (κ1) is 19.5. The minimum atomic E-state index is 0.395. The second kappa shape index (κ2) is 9.07. The smallest absolute Gasteiger partial charge is 0.175 e. The molecule has 27 heavy (non-hydrogen) atoms. The van der Waals surface area contributed by atoms with Gasteiger partial charge >= 0.3 is 0 Å². The molecule has 0 atom stereocenters. The van der Waals surface area contributed by atoms with Crippen LogP contribution in [0.1, 0.15) is 16.7 Å². The topological polar surface area (TPSA) is 30.8 Å². The van der Waals surface area contributed by atoms with Gasteiger partial charge in [-0.05, 0) is 70.4 Å². The quantitative estimate of drug-likeness (QED) is 0.394. The fourth-order valence-corrected chi connectivity index (χ4v) is 3.30. The number of benzene rings is 3. The Hall–Kier alpha value is -2.30. The predicted molar refractivity (Wildman–Crippen MR) is 115 cm³/mol. The summed E-state index contributed by atoms with van der Waals surface area (Å²) in [6, 6.07) is 19.5. The third-order valence-corrected chi connectivity index (χ3v) is 4.74. The molecule has 0 unspecified atom stereocenters. The second-order valence-electron chi connectivity index (χ2n) is 6.05. The fourth-order valence-electron chi connectivity index (χ4n) is 2.52. The van der Waals surface area contributed by atoms with Gasteiger partial charge in [-0.2, -0.15) is 0 Å². The van der Waals surface area contributed by atoms with Crippen LogP contribution in [-0.4, -0.2) is 13.3 Å². The number of halogens is 2. The molecule has 0 fully saturated rings. The van der Waals surface area contributed by atoms with Crippen molar-refractivity contribution in [3.63, 3.8) is 0 Å². The van der Waals surface area contributed by atoms with Crippen molar-refractivity contribution in [2.45, 2.75) is 13.5 Å². The normalized spacial score (nSPS) is 11.0. The first-order valence-corrected chi connectivity index (χ1v) is 9.58. The second-order valence-corrected chi connectivity index (χ2v) is 7.34. The lowest BCUT2D eigenvalue weighted by atomic mass is 10.2. The summed E-state index contributed by atoms with van der Waals surface area (Å²) < 4.78 is 12.3. The SMILES string of the molecule is COc1cc(C=Nc2ccc(C)cc2)cc(Br)c1OCc1cccc(Cl)c1. The van der Waals surface area contributed by atoms with E-state index < -0.39 is 0 Å². The summed E-state index contributed by atoms with van der Waals surface area (Å²) in [5, 5.41) is 0.685. The fraction of sp³-hybridized carbons (Fsp3) is 0.136. The Bertz CT molecular complexity index is 955. The molecule has 0 aliphatic heterocycles. The lowest BCUT2D eigenvalue weighted by Crippen LogP contribution is -1.99. The molecular formula is C22H19BrClNO2. The average Bonchev–Trinajstić information content (AvgIpc) is 2.66. The molecule has 3 aromatic rings. The number of aryl methyl sites for hydroxylation is 1. The van der Waals surface area contributed by atoms with Crippen molar-refractivity contribution in [1.82, 2.24) is 0 Å². The van der Waals surface area contributed by atoms with Gasteiger partial charge in [-0.25, -0.2) is 0 Å². The van der Waals surface area contributed by atoms with Crippen molar-refractivity contribution < 1.29 is 9.47 Å². The third-order valence-electron chi connectivity index (χ3n) is 3.92. The summed E-state index contributed by atoms with van der Waals surface area (Å²) in [6.45, 7) is 2.45. The molecule has 0 amide bonds. The van der Waals surface area contributed by atoms with Crippen LogP contribution in [0, 0.1) is 6.92 Å². The van der Waals surface area contributed by atoms with Gasteiger partial charge in [0, 0.05) is 11.2 Å². The summed E-state index contributed by atoms with van der Waals surface area (Å²) in [5.74, 6) is 1.28. The van der Waals surface area contributed by atoms with Crippen LogP contribution in [0.5, 0.6) is 11.5 Å². The minimum absolute atomic E-state index is 0.395. The summed E-state index contributed by atoms with van der Waals surface area (Å²) >= 11 is 9.60. The molecule has 0 spiro atoms. The molecule has 3 aromatic carbocycles. The van der Waals surface area contributed by atoms with Crippen LogP contribution < -0.4 is 9.47 Å². The van der Waals surface area contributed by atoms with Crippen molar-refractivity contribution in [2.75, 3.05) is 7.11 Å². The van der Waals surface area contributed by atoms with Gasteiger partial charge in [0.05, 0.1) is 17.3 Å². The molecule has 3 nitrogen and oxygen atoms in total. The van der Waals surface area contributed by atoms with E-state index >= 15 is 0 Å². The van der Waals surface area contributed by atoms with Gasteiger partial charge in [0.1, 0.15) is 6.61 Å². The lowest BCUT2D eigenvalue weighted by molar-refractivity contribution is 0.282. The highest BCUT2D eigenvalue weighted by Crippen LogP contribution is 2.37. The molecule has 3 rings (SSSR count). The van der Waals surface area contributed by atoms with Crippen LogP contribution in [0.25, 0.3) is 0 Å². The van der Waals surface area contributed by atoms with Gasteiger partial charge in [-0.3, -0.25) is 4.99 Å². The van der Waals surface area contributed by atoms with Gasteiger partial charge < -0.3 is 9.47 Å². The number of hydrogen-bond acceptors (Lipinski definition) is 3. The van der Waals surface area contributed by atoms with E-state index in [1.165, 1.54) is 5.56 Å². The highest BCUT2D eigenvalue weighted by Gasteiger charge is 2.11. The number of hydrogen-bond donors (Lipinski definition) is 0. The lowest BCUT2D eigenvalue weighted by Gasteiger charge is -2.13. The maximum absolute atomic E-state index is 6.03. The van der Waals surface area contributed by atoms with Crippen molar-refractivity contribution in [3.8, 4) is 11.5 Å². The highest BCUT2D eigenvalue weighted by atomic mass is 79.9. The minimum Gasteiger partial charge on any atom is -0.493 e. The van der Waals surface area contributed by atoms with Gasteiger partial charge in [0.15, 0.2) is 11.5 Å². The Morgan fingerprint density at radius 3 is 2.56 bits per heavy atom. The zero-order valence-electron chi connectivity index (χ0n) is 15.1. The van der Waals surface area contributed by atoms with Crippen LogP contribution in [0.15, 0.2) is 70.1 Å². The molecule has 0 N–H and O–H groups in total. The monoisotopic (exact) mass is 443 g/mol. The van der Waals surface area contributed by atoms with Gasteiger partial charge in [0.2, 0.25) is 0 Å². The zero-order chi connectivity index (χ0) is 19.2. The molecule has 0 aliphatic rings.